The minimum Gasteiger partial charge on any atom is -0.298 e. The zero-order valence-corrected chi connectivity index (χ0v) is 9.88. The van der Waals surface area contributed by atoms with Gasteiger partial charge in [0.15, 0.2) is 11.7 Å². The smallest absolute Gasteiger partial charge is 0.218 e. The maximum atomic E-state index is 11.7. The molecule has 1 unspecified atom stereocenters. The predicted molar refractivity (Wildman–Crippen MR) is 61.8 cm³/mol. The molecule has 0 saturated heterocycles. The summed E-state index contributed by atoms with van der Waals surface area (Å²) in [7, 11) is 0. The molecule has 1 aromatic rings. The van der Waals surface area contributed by atoms with E-state index in [0.29, 0.717) is 0 Å². The molecule has 3 nitrogen and oxygen atoms in total. The molecule has 1 rings (SSSR count). The summed E-state index contributed by atoms with van der Waals surface area (Å²) in [5, 5.41) is 8.30. The van der Waals surface area contributed by atoms with Crippen molar-refractivity contribution in [3.05, 3.63) is 29.8 Å². The van der Waals surface area contributed by atoms with E-state index < -0.39 is 16.8 Å². The minimum atomic E-state index is -1.16. The van der Waals surface area contributed by atoms with Crippen molar-refractivity contribution in [2.75, 3.05) is 0 Å². The quantitative estimate of drug-likeness (QED) is 0.594. The van der Waals surface area contributed by atoms with Gasteiger partial charge in [-0.15, -0.1) is 0 Å². The lowest BCUT2D eigenvalue weighted by atomic mass is 10.1. The lowest BCUT2D eigenvalue weighted by Gasteiger charge is -2.05. The van der Waals surface area contributed by atoms with Gasteiger partial charge in [0.1, 0.15) is 0 Å². The summed E-state index contributed by atoms with van der Waals surface area (Å²) in [4.78, 5) is 23.5. The van der Waals surface area contributed by atoms with E-state index in [1.165, 1.54) is 6.92 Å². The molecule has 0 spiro atoms. The number of rotatable bonds is 3. The Labute approximate surface area is 98.5 Å². The molecule has 0 heterocycles. The van der Waals surface area contributed by atoms with E-state index in [4.69, 9.17) is 5.26 Å². The number of aryl methyl sites for hydroxylation is 1. The Hall–Kier alpha value is -1.60. The number of benzene rings is 1. The van der Waals surface area contributed by atoms with Crippen LogP contribution in [-0.4, -0.2) is 10.9 Å². The van der Waals surface area contributed by atoms with Gasteiger partial charge in [0.2, 0.25) is 5.12 Å². The molecule has 16 heavy (non-hydrogen) atoms. The highest BCUT2D eigenvalue weighted by molar-refractivity contribution is 8.13. The van der Waals surface area contributed by atoms with E-state index in [1.54, 1.807) is 12.1 Å². The highest BCUT2D eigenvalue weighted by Crippen LogP contribution is 2.25. The van der Waals surface area contributed by atoms with Crippen LogP contribution in [0, 0.1) is 24.2 Å². The molecule has 0 aliphatic heterocycles. The van der Waals surface area contributed by atoms with Crippen molar-refractivity contribution in [3.8, 4) is 6.07 Å². The third-order valence-electron chi connectivity index (χ3n) is 2.08. The molecule has 1 atom stereocenters. The van der Waals surface area contributed by atoms with Gasteiger partial charge in [-0.2, -0.15) is 5.26 Å². The minimum absolute atomic E-state index is 0.409. The number of nitriles is 1. The first-order valence-electron chi connectivity index (χ1n) is 4.73. The van der Waals surface area contributed by atoms with Gasteiger partial charge in [0.25, 0.3) is 0 Å². The number of Topliss-reactive ketones (excluding diaryl/α,β-unsaturated/α-hetero) is 1. The monoisotopic (exact) mass is 233 g/mol. The Morgan fingerprint density at radius 2 is 2.00 bits per heavy atom. The number of hydrogen-bond donors (Lipinski definition) is 0. The van der Waals surface area contributed by atoms with Gasteiger partial charge in [-0.05, 0) is 37.2 Å². The Morgan fingerprint density at radius 3 is 2.50 bits per heavy atom. The largest absolute Gasteiger partial charge is 0.298 e. The maximum absolute atomic E-state index is 11.7. The van der Waals surface area contributed by atoms with Crippen LogP contribution in [0.3, 0.4) is 0 Å². The summed E-state index contributed by atoms with van der Waals surface area (Å²) in [6.07, 6.45) is 0. The summed E-state index contributed by atoms with van der Waals surface area (Å²) in [5.41, 5.74) is 0.959. The normalized spacial score (nSPS) is 11.6. The van der Waals surface area contributed by atoms with E-state index in [1.807, 2.05) is 25.1 Å². The van der Waals surface area contributed by atoms with Gasteiger partial charge in [-0.25, -0.2) is 0 Å². The van der Waals surface area contributed by atoms with Crippen molar-refractivity contribution in [1.29, 1.82) is 5.26 Å². The average Bonchev–Trinajstić information content (AvgIpc) is 2.22. The topological polar surface area (TPSA) is 57.9 Å². The van der Waals surface area contributed by atoms with Crippen LogP contribution in [0.4, 0.5) is 0 Å². The Bertz CT molecular complexity index is 462. The molecule has 82 valence electrons. The highest BCUT2D eigenvalue weighted by atomic mass is 32.2. The van der Waals surface area contributed by atoms with E-state index in [0.717, 1.165) is 22.2 Å². The van der Waals surface area contributed by atoms with Crippen molar-refractivity contribution in [3.63, 3.8) is 0 Å². The standard InChI is InChI=1S/C12H11NO2S/c1-8-5-3-4-6-11(8)16-12(15)10(7-13)9(2)14/h3-6,10H,1-2H3. The lowest BCUT2D eigenvalue weighted by molar-refractivity contribution is -0.124. The predicted octanol–water partition coefficient (Wildman–Crippen LogP) is 2.34. The number of hydrogen-bond acceptors (Lipinski definition) is 4. The van der Waals surface area contributed by atoms with Gasteiger partial charge < -0.3 is 0 Å². The van der Waals surface area contributed by atoms with E-state index in [9.17, 15) is 9.59 Å². The molecule has 1 aromatic carbocycles. The second-order valence-corrected chi connectivity index (χ2v) is 4.41. The van der Waals surface area contributed by atoms with Gasteiger partial charge in [-0.1, -0.05) is 18.2 Å². The van der Waals surface area contributed by atoms with Gasteiger partial charge in [-0.3, -0.25) is 9.59 Å². The lowest BCUT2D eigenvalue weighted by Crippen LogP contribution is -2.17. The van der Waals surface area contributed by atoms with Crippen LogP contribution in [0.2, 0.25) is 0 Å². The van der Waals surface area contributed by atoms with E-state index >= 15 is 0 Å². The molecule has 0 saturated carbocycles. The molecule has 0 aromatic heterocycles. The number of carbonyl (C=O) groups excluding carboxylic acids is 2. The van der Waals surface area contributed by atoms with E-state index in [-0.39, 0.29) is 0 Å². The zero-order chi connectivity index (χ0) is 12.1. The van der Waals surface area contributed by atoms with Crippen LogP contribution in [0.1, 0.15) is 12.5 Å². The Morgan fingerprint density at radius 1 is 1.38 bits per heavy atom. The molecule has 0 fully saturated rings. The van der Waals surface area contributed by atoms with Crippen LogP contribution < -0.4 is 0 Å². The molecular formula is C12H11NO2S. The van der Waals surface area contributed by atoms with Crippen molar-refractivity contribution in [1.82, 2.24) is 0 Å². The van der Waals surface area contributed by atoms with Crippen LogP contribution >= 0.6 is 11.8 Å². The maximum Gasteiger partial charge on any atom is 0.218 e. The van der Waals surface area contributed by atoms with Crippen molar-refractivity contribution < 1.29 is 9.59 Å². The fourth-order valence-electron chi connectivity index (χ4n) is 1.15. The van der Waals surface area contributed by atoms with Crippen LogP contribution in [0.5, 0.6) is 0 Å². The molecule has 0 N–H and O–H groups in total. The van der Waals surface area contributed by atoms with Crippen molar-refractivity contribution >= 4 is 22.7 Å². The Kier molecular flexibility index (Phi) is 4.27. The van der Waals surface area contributed by atoms with Gasteiger partial charge in [0.05, 0.1) is 6.07 Å². The molecule has 0 aliphatic carbocycles. The molecule has 0 aliphatic rings. The van der Waals surface area contributed by atoms with Gasteiger partial charge >= 0.3 is 0 Å². The second-order valence-electron chi connectivity index (χ2n) is 3.36. The summed E-state index contributed by atoms with van der Waals surface area (Å²) >= 11 is 0.949. The molecule has 4 heteroatoms. The van der Waals surface area contributed by atoms with Gasteiger partial charge in [0, 0.05) is 4.90 Å². The fourth-order valence-corrected chi connectivity index (χ4v) is 2.08. The van der Waals surface area contributed by atoms with Crippen molar-refractivity contribution in [2.24, 2.45) is 5.92 Å². The first kappa shape index (κ1) is 12.5. The fraction of sp³-hybridized carbons (Fsp3) is 0.250. The molecule has 0 radical (unpaired) electrons. The van der Waals surface area contributed by atoms with Crippen LogP contribution in [-0.2, 0) is 9.59 Å². The first-order valence-corrected chi connectivity index (χ1v) is 5.55. The number of thioether (sulfide) groups is 1. The van der Waals surface area contributed by atoms with Crippen LogP contribution in [0.25, 0.3) is 0 Å². The summed E-state index contributed by atoms with van der Waals surface area (Å²) < 4.78 is 0. The molecule has 0 amide bonds. The molecular weight excluding hydrogens is 222 g/mol. The number of nitrogens with zero attached hydrogens (tertiary/aromatic N) is 1. The Balaban J connectivity index is 2.84. The molecule has 0 bridgehead atoms. The highest BCUT2D eigenvalue weighted by Gasteiger charge is 2.23. The van der Waals surface area contributed by atoms with Crippen molar-refractivity contribution in [2.45, 2.75) is 18.7 Å². The summed E-state index contributed by atoms with van der Waals surface area (Å²) in [6, 6.07) is 9.09. The number of ketones is 1. The first-order chi connectivity index (χ1) is 7.56. The second kappa shape index (κ2) is 5.47. The summed E-state index contributed by atoms with van der Waals surface area (Å²) in [6.45, 7) is 3.13. The zero-order valence-electron chi connectivity index (χ0n) is 9.06. The third kappa shape index (κ3) is 2.94. The summed E-state index contributed by atoms with van der Waals surface area (Å²) in [5.74, 6) is -1.57. The van der Waals surface area contributed by atoms with E-state index in [2.05, 4.69) is 0 Å². The van der Waals surface area contributed by atoms with Crippen LogP contribution in [0.15, 0.2) is 29.2 Å². The SMILES string of the molecule is CC(=O)C(C#N)C(=O)Sc1ccccc1C. The third-order valence-corrected chi connectivity index (χ3v) is 3.19. The number of carbonyl (C=O) groups is 2. The average molecular weight is 233 g/mol.